The standard InChI is InChI=1S/C24H30N8O4/c25-22-28-23(29-24-27-21(30-32(22)24)20-2-1-12-36-20)26-8-7-18-3-5-19(6-4-18)35-17-16-34-15-11-31-9-13-33-14-10-31/h1-6,12H,7-11,13-17H2,(H3,25,26,27,28,29,30). The molecule has 0 radical (unpaired) electrons. The average Bonchev–Trinajstić information content (AvgIpc) is 3.58. The van der Waals surface area contributed by atoms with E-state index in [0.717, 1.165) is 50.6 Å². The number of hydrogen-bond donors (Lipinski definition) is 2. The molecule has 0 amide bonds. The van der Waals surface area contributed by atoms with Gasteiger partial charge < -0.3 is 29.7 Å². The van der Waals surface area contributed by atoms with Gasteiger partial charge in [0.1, 0.15) is 12.4 Å². The van der Waals surface area contributed by atoms with Crippen LogP contribution in [0.4, 0.5) is 11.9 Å². The van der Waals surface area contributed by atoms with Crippen molar-refractivity contribution in [3.8, 4) is 17.3 Å². The lowest BCUT2D eigenvalue weighted by Gasteiger charge is -2.26. The largest absolute Gasteiger partial charge is 0.491 e. The third-order valence-corrected chi connectivity index (χ3v) is 5.75. The van der Waals surface area contributed by atoms with Crippen LogP contribution in [0.2, 0.25) is 0 Å². The van der Waals surface area contributed by atoms with E-state index in [0.29, 0.717) is 49.7 Å². The van der Waals surface area contributed by atoms with E-state index >= 15 is 0 Å². The molecule has 3 aromatic heterocycles. The number of ether oxygens (including phenoxy) is 3. The highest BCUT2D eigenvalue weighted by Gasteiger charge is 2.14. The number of nitrogens with one attached hydrogen (secondary N) is 1. The lowest BCUT2D eigenvalue weighted by Crippen LogP contribution is -2.38. The fourth-order valence-corrected chi connectivity index (χ4v) is 3.80. The van der Waals surface area contributed by atoms with E-state index in [-0.39, 0.29) is 5.95 Å². The lowest BCUT2D eigenvalue weighted by molar-refractivity contribution is 0.0170. The molecule has 1 aromatic carbocycles. The van der Waals surface area contributed by atoms with Crippen LogP contribution in [0.3, 0.4) is 0 Å². The summed E-state index contributed by atoms with van der Waals surface area (Å²) in [5.41, 5.74) is 7.19. The van der Waals surface area contributed by atoms with Crippen LogP contribution in [0.5, 0.6) is 5.75 Å². The third kappa shape index (κ3) is 6.27. The average molecular weight is 495 g/mol. The zero-order valence-corrected chi connectivity index (χ0v) is 20.0. The van der Waals surface area contributed by atoms with E-state index in [4.69, 9.17) is 24.4 Å². The quantitative estimate of drug-likeness (QED) is 0.279. The van der Waals surface area contributed by atoms with Crippen LogP contribution in [0, 0.1) is 0 Å². The SMILES string of the molecule is Nc1nc(NCCc2ccc(OCCOCCN3CCOCC3)cc2)nc2nc(-c3ccco3)nn12. The summed E-state index contributed by atoms with van der Waals surface area (Å²) in [7, 11) is 0. The van der Waals surface area contributed by atoms with Gasteiger partial charge in [-0.25, -0.2) is 0 Å². The molecule has 0 saturated carbocycles. The van der Waals surface area contributed by atoms with Gasteiger partial charge in [0.25, 0.3) is 5.78 Å². The highest BCUT2D eigenvalue weighted by atomic mass is 16.5. The van der Waals surface area contributed by atoms with Gasteiger partial charge in [0.2, 0.25) is 17.7 Å². The molecule has 190 valence electrons. The van der Waals surface area contributed by atoms with Gasteiger partial charge in [-0.3, -0.25) is 4.90 Å². The van der Waals surface area contributed by atoms with Crippen molar-refractivity contribution in [3.63, 3.8) is 0 Å². The Morgan fingerprint density at radius 2 is 1.86 bits per heavy atom. The number of rotatable bonds is 12. The summed E-state index contributed by atoms with van der Waals surface area (Å²) in [4.78, 5) is 15.4. The Morgan fingerprint density at radius 1 is 1.00 bits per heavy atom. The van der Waals surface area contributed by atoms with E-state index in [2.05, 4.69) is 30.3 Å². The maximum absolute atomic E-state index is 6.03. The molecule has 1 aliphatic heterocycles. The second-order valence-electron chi connectivity index (χ2n) is 8.27. The monoisotopic (exact) mass is 494 g/mol. The van der Waals surface area contributed by atoms with Crippen molar-refractivity contribution in [2.24, 2.45) is 0 Å². The number of hydrogen-bond acceptors (Lipinski definition) is 11. The summed E-state index contributed by atoms with van der Waals surface area (Å²) in [6, 6.07) is 11.6. The van der Waals surface area contributed by atoms with Crippen LogP contribution in [-0.2, 0) is 15.9 Å². The Labute approximate surface area is 208 Å². The topological polar surface area (TPSA) is 138 Å². The second kappa shape index (κ2) is 11.8. The number of aromatic nitrogens is 5. The van der Waals surface area contributed by atoms with Crippen molar-refractivity contribution in [2.45, 2.75) is 6.42 Å². The first kappa shape index (κ1) is 24.0. The second-order valence-corrected chi connectivity index (χ2v) is 8.27. The van der Waals surface area contributed by atoms with Gasteiger partial charge in [-0.05, 0) is 36.2 Å². The highest BCUT2D eigenvalue weighted by Crippen LogP contribution is 2.18. The molecule has 12 heteroatoms. The maximum Gasteiger partial charge on any atom is 0.259 e. The highest BCUT2D eigenvalue weighted by molar-refractivity contribution is 5.52. The first-order chi connectivity index (χ1) is 17.7. The number of nitrogens with zero attached hydrogens (tertiary/aromatic N) is 6. The van der Waals surface area contributed by atoms with Gasteiger partial charge in [-0.15, -0.1) is 5.10 Å². The molecule has 0 bridgehead atoms. The predicted molar refractivity (Wildman–Crippen MR) is 133 cm³/mol. The van der Waals surface area contributed by atoms with Gasteiger partial charge in [-0.2, -0.15) is 19.5 Å². The van der Waals surface area contributed by atoms with Crippen LogP contribution >= 0.6 is 0 Å². The van der Waals surface area contributed by atoms with Gasteiger partial charge in [-0.1, -0.05) is 12.1 Å². The van der Waals surface area contributed by atoms with E-state index in [1.165, 1.54) is 4.52 Å². The lowest BCUT2D eigenvalue weighted by atomic mass is 10.1. The number of nitrogen functional groups attached to an aromatic ring is 1. The summed E-state index contributed by atoms with van der Waals surface area (Å²) in [5.74, 6) is 2.71. The Hall–Kier alpha value is -3.74. The van der Waals surface area contributed by atoms with Gasteiger partial charge >= 0.3 is 0 Å². The van der Waals surface area contributed by atoms with Crippen LogP contribution < -0.4 is 15.8 Å². The molecule has 5 rings (SSSR count). The van der Waals surface area contributed by atoms with Crippen molar-refractivity contribution >= 4 is 17.7 Å². The summed E-state index contributed by atoms with van der Waals surface area (Å²) in [6.45, 7) is 6.94. The molecule has 0 aliphatic carbocycles. The summed E-state index contributed by atoms with van der Waals surface area (Å²) in [6.07, 6.45) is 2.34. The molecular weight excluding hydrogens is 464 g/mol. The first-order valence-corrected chi connectivity index (χ1v) is 12.0. The van der Waals surface area contributed by atoms with Crippen molar-refractivity contribution in [3.05, 3.63) is 48.2 Å². The number of fused-ring (bicyclic) bond motifs is 1. The number of nitrogens with two attached hydrogens (primary N) is 1. The summed E-state index contributed by atoms with van der Waals surface area (Å²) >= 11 is 0. The normalized spacial score (nSPS) is 14.3. The van der Waals surface area contributed by atoms with Gasteiger partial charge in [0.15, 0.2) is 5.76 Å². The zero-order chi connectivity index (χ0) is 24.6. The van der Waals surface area contributed by atoms with Crippen molar-refractivity contribution < 1.29 is 18.6 Å². The minimum atomic E-state index is 0.194. The molecule has 1 saturated heterocycles. The number of morpholine rings is 1. The molecular formula is C24H30N8O4. The van der Waals surface area contributed by atoms with Crippen molar-refractivity contribution in [1.82, 2.24) is 29.5 Å². The first-order valence-electron chi connectivity index (χ1n) is 12.0. The Balaban J connectivity index is 1.03. The van der Waals surface area contributed by atoms with E-state index < -0.39 is 0 Å². The van der Waals surface area contributed by atoms with Crippen LogP contribution in [-0.4, -0.2) is 88.7 Å². The van der Waals surface area contributed by atoms with Crippen LogP contribution in [0.15, 0.2) is 47.1 Å². The maximum atomic E-state index is 6.03. The molecule has 36 heavy (non-hydrogen) atoms. The molecule has 0 unspecified atom stereocenters. The van der Waals surface area contributed by atoms with Crippen molar-refractivity contribution in [1.29, 1.82) is 0 Å². The minimum Gasteiger partial charge on any atom is -0.491 e. The molecule has 3 N–H and O–H groups in total. The molecule has 4 heterocycles. The Kier molecular flexibility index (Phi) is 7.86. The van der Waals surface area contributed by atoms with E-state index in [9.17, 15) is 0 Å². The smallest absolute Gasteiger partial charge is 0.259 e. The van der Waals surface area contributed by atoms with Gasteiger partial charge in [0, 0.05) is 26.2 Å². The summed E-state index contributed by atoms with van der Waals surface area (Å²) in [5, 5.41) is 7.49. The fraction of sp³-hybridized carbons (Fsp3) is 0.417. The molecule has 1 fully saturated rings. The summed E-state index contributed by atoms with van der Waals surface area (Å²) < 4.78 is 23.5. The van der Waals surface area contributed by atoms with Gasteiger partial charge in [0.05, 0.1) is 32.7 Å². The Bertz CT molecular complexity index is 1220. The Morgan fingerprint density at radius 3 is 2.67 bits per heavy atom. The van der Waals surface area contributed by atoms with Crippen LogP contribution in [0.25, 0.3) is 17.4 Å². The van der Waals surface area contributed by atoms with E-state index in [1.807, 2.05) is 24.3 Å². The molecule has 4 aromatic rings. The number of benzene rings is 1. The molecule has 0 spiro atoms. The molecule has 0 atom stereocenters. The van der Waals surface area contributed by atoms with E-state index in [1.54, 1.807) is 18.4 Å². The number of furan rings is 1. The molecule has 1 aliphatic rings. The number of anilines is 2. The minimum absolute atomic E-state index is 0.194. The third-order valence-electron chi connectivity index (χ3n) is 5.75. The van der Waals surface area contributed by atoms with Crippen LogP contribution in [0.1, 0.15) is 5.56 Å². The predicted octanol–water partition coefficient (Wildman–Crippen LogP) is 1.74. The molecule has 12 nitrogen and oxygen atoms in total. The van der Waals surface area contributed by atoms with Crippen molar-refractivity contribution in [2.75, 3.05) is 70.3 Å². The fourth-order valence-electron chi connectivity index (χ4n) is 3.80. The zero-order valence-electron chi connectivity index (χ0n) is 20.0.